The number of nitrogens with zero attached hydrogens (tertiary/aromatic N) is 2. The maximum Gasteiger partial charge on any atom is 0.632 e. The molecule has 54 heavy (non-hydrogen) atoms. The molecule has 0 aromatic heterocycles. The number of halogens is 6. The minimum Gasteiger partial charge on any atom is -0.519 e. The Labute approximate surface area is 308 Å². The van der Waals surface area contributed by atoms with Crippen LogP contribution in [0.2, 0.25) is 0 Å². The van der Waals surface area contributed by atoms with Gasteiger partial charge in [-0.25, -0.2) is 0 Å². The first-order valence-corrected chi connectivity index (χ1v) is 17.3. The molecule has 0 aliphatic carbocycles. The first-order valence-electron chi connectivity index (χ1n) is 17.3. The molecule has 280 valence electrons. The minimum atomic E-state index is -5.05. The normalized spacial score (nSPS) is 14.4. The van der Waals surface area contributed by atoms with Crippen LogP contribution in [0.5, 0.6) is 28.7 Å². The summed E-state index contributed by atoms with van der Waals surface area (Å²) < 4.78 is 113. The fourth-order valence-electron chi connectivity index (χ4n) is 6.74. The predicted octanol–water partition coefficient (Wildman–Crippen LogP) is 8.76. The van der Waals surface area contributed by atoms with Crippen molar-refractivity contribution in [2.75, 3.05) is 30.6 Å². The van der Waals surface area contributed by atoms with E-state index in [4.69, 9.17) is 23.5 Å². The van der Waals surface area contributed by atoms with Gasteiger partial charge in [0.15, 0.2) is 5.75 Å². The number of para-hydroxylation sites is 1. The van der Waals surface area contributed by atoms with Gasteiger partial charge in [0.05, 0.1) is 43.3 Å². The van der Waals surface area contributed by atoms with Gasteiger partial charge in [-0.05, 0) is 61.0 Å². The van der Waals surface area contributed by atoms with E-state index in [0.29, 0.717) is 53.1 Å². The summed E-state index contributed by atoms with van der Waals surface area (Å²) in [7, 11) is 1.50. The lowest BCUT2D eigenvalue weighted by Gasteiger charge is -2.34. The lowest BCUT2D eigenvalue weighted by atomic mass is 9.77. The van der Waals surface area contributed by atoms with Crippen molar-refractivity contribution in [1.29, 1.82) is 0 Å². The quantitative estimate of drug-likeness (QED) is 0.0865. The summed E-state index contributed by atoms with van der Waals surface area (Å²) in [6, 6.07) is 13.9. The summed E-state index contributed by atoms with van der Waals surface area (Å²) in [5.41, 5.74) is -1.00. The Bertz CT molecular complexity index is 2200. The Morgan fingerprint density at radius 1 is 0.648 bits per heavy atom. The van der Waals surface area contributed by atoms with Gasteiger partial charge in [-0.2, -0.15) is 26.3 Å². The van der Waals surface area contributed by atoms with Gasteiger partial charge >= 0.3 is 19.5 Å². The van der Waals surface area contributed by atoms with E-state index in [1.165, 1.54) is 0 Å². The molecular weight excluding hydrogens is 713 g/mol. The second-order valence-corrected chi connectivity index (χ2v) is 12.8. The Morgan fingerprint density at radius 2 is 1.24 bits per heavy atom. The number of alkyl halides is 6. The number of rotatable bonds is 11. The van der Waals surface area contributed by atoms with E-state index >= 15 is 0 Å². The van der Waals surface area contributed by atoms with E-state index in [1.807, 2.05) is 70.6 Å². The highest BCUT2D eigenvalue weighted by molar-refractivity contribution is 6.63. The molecule has 0 amide bonds. The standard InChI is InChI=1S/C40H35BF6N2O5/c1-4-5-6-7-21-52-32-17-18-33-38(54-41(53-33)29-23-27(39(42,43)44)22-28(24-29)40(45,46)47)37(32)49-20-10-12-26-16-15-25-11-9-19-48(34(25)35(26)49)36-30(50-2)13-8-14-31(36)51-3/h8-20,22-24H,4-7,21H2,1-3H3. The average Bonchev–Trinajstić information content (AvgIpc) is 3.60. The third kappa shape index (κ3) is 6.92. The van der Waals surface area contributed by atoms with Crippen LogP contribution in [-0.2, 0) is 12.4 Å². The van der Waals surface area contributed by atoms with Crippen LogP contribution in [0.4, 0.5) is 49.1 Å². The SMILES string of the molecule is CCCCCCOc1ccc2c(c1N1C=CC=c3ccc4c(c31)N(c1c(OC)cccc1OC)C=CC=4)OB(c1cc(C(F)(F)F)cc(C(F)(F)F)c1)O2. The van der Waals surface area contributed by atoms with Gasteiger partial charge in [-0.3, -0.25) is 0 Å². The van der Waals surface area contributed by atoms with Gasteiger partial charge in [0.25, 0.3) is 0 Å². The highest BCUT2D eigenvalue weighted by atomic mass is 19.4. The summed E-state index contributed by atoms with van der Waals surface area (Å²) >= 11 is 0. The van der Waals surface area contributed by atoms with E-state index in [1.54, 1.807) is 32.6 Å². The van der Waals surface area contributed by atoms with E-state index < -0.39 is 36.1 Å². The lowest BCUT2D eigenvalue weighted by molar-refractivity contribution is -0.143. The van der Waals surface area contributed by atoms with Crippen LogP contribution in [0, 0.1) is 0 Å². The lowest BCUT2D eigenvalue weighted by Crippen LogP contribution is -2.40. The number of unbranched alkanes of at least 4 members (excludes halogenated alkanes) is 3. The smallest absolute Gasteiger partial charge is 0.519 e. The van der Waals surface area contributed by atoms with Crippen molar-refractivity contribution in [3.8, 4) is 28.7 Å². The Morgan fingerprint density at radius 3 is 1.80 bits per heavy atom. The molecule has 0 saturated heterocycles. The molecule has 3 heterocycles. The van der Waals surface area contributed by atoms with Crippen molar-refractivity contribution in [2.45, 2.75) is 45.0 Å². The highest BCUT2D eigenvalue weighted by Gasteiger charge is 2.43. The van der Waals surface area contributed by atoms with Crippen LogP contribution >= 0.6 is 0 Å². The molecule has 0 spiro atoms. The first kappa shape index (κ1) is 36.7. The van der Waals surface area contributed by atoms with Crippen LogP contribution in [0.3, 0.4) is 0 Å². The van der Waals surface area contributed by atoms with E-state index in [-0.39, 0.29) is 17.6 Å². The minimum absolute atomic E-state index is 0.0740. The number of ether oxygens (including phenoxy) is 3. The van der Waals surface area contributed by atoms with Crippen LogP contribution in [0.15, 0.2) is 85.2 Å². The molecule has 4 aromatic carbocycles. The van der Waals surface area contributed by atoms with Gasteiger partial charge in [0.2, 0.25) is 0 Å². The topological polar surface area (TPSA) is 52.6 Å². The Balaban J connectivity index is 1.39. The monoisotopic (exact) mass is 748 g/mol. The number of methoxy groups -OCH3 is 2. The van der Waals surface area contributed by atoms with E-state index in [0.717, 1.165) is 41.8 Å². The zero-order valence-electron chi connectivity index (χ0n) is 29.6. The summed E-state index contributed by atoms with van der Waals surface area (Å²) in [6.07, 6.45) is 4.90. The molecule has 3 aliphatic heterocycles. The second-order valence-electron chi connectivity index (χ2n) is 12.8. The molecule has 7 nitrogen and oxygen atoms in total. The molecule has 0 bridgehead atoms. The summed E-state index contributed by atoms with van der Waals surface area (Å²) in [4.78, 5) is 3.79. The van der Waals surface area contributed by atoms with Gasteiger partial charge in [0.1, 0.15) is 34.4 Å². The molecule has 7 rings (SSSR count). The third-order valence-electron chi connectivity index (χ3n) is 9.26. The van der Waals surface area contributed by atoms with Crippen molar-refractivity contribution in [3.63, 3.8) is 0 Å². The third-order valence-corrected chi connectivity index (χ3v) is 9.26. The number of hydrogen-bond donors (Lipinski definition) is 0. The number of allylic oxidation sites excluding steroid dienone is 2. The number of hydrogen-bond acceptors (Lipinski definition) is 7. The van der Waals surface area contributed by atoms with Crippen molar-refractivity contribution in [3.05, 3.63) is 107 Å². The average molecular weight is 749 g/mol. The van der Waals surface area contributed by atoms with Gasteiger partial charge in [-0.1, -0.05) is 56.5 Å². The maximum absolute atomic E-state index is 13.9. The largest absolute Gasteiger partial charge is 0.632 e. The molecule has 0 unspecified atom stereocenters. The molecule has 14 heteroatoms. The highest BCUT2D eigenvalue weighted by Crippen LogP contribution is 2.52. The fraction of sp³-hybridized carbons (Fsp3) is 0.250. The van der Waals surface area contributed by atoms with Crippen molar-refractivity contribution in [2.24, 2.45) is 0 Å². The zero-order chi connectivity index (χ0) is 38.2. The maximum atomic E-state index is 13.9. The number of anilines is 4. The van der Waals surface area contributed by atoms with Gasteiger partial charge in [-0.15, -0.1) is 0 Å². The summed E-state index contributed by atoms with van der Waals surface area (Å²) in [5, 5.41) is 1.64. The summed E-state index contributed by atoms with van der Waals surface area (Å²) in [5.74, 6) is 1.66. The van der Waals surface area contributed by atoms with Gasteiger partial charge in [0, 0.05) is 28.3 Å². The summed E-state index contributed by atoms with van der Waals surface area (Å²) in [6.45, 7) is 2.45. The van der Waals surface area contributed by atoms with Crippen LogP contribution in [0.25, 0.3) is 12.2 Å². The van der Waals surface area contributed by atoms with E-state index in [9.17, 15) is 26.3 Å². The van der Waals surface area contributed by atoms with Crippen LogP contribution < -0.4 is 49.2 Å². The number of benzene rings is 4. The second kappa shape index (κ2) is 14.6. The zero-order valence-corrected chi connectivity index (χ0v) is 29.6. The molecule has 0 saturated carbocycles. The molecule has 3 aliphatic rings. The molecule has 0 radical (unpaired) electrons. The van der Waals surface area contributed by atoms with Crippen molar-refractivity contribution in [1.82, 2.24) is 0 Å². The molecular formula is C40H35BF6N2O5. The Kier molecular flexibility index (Phi) is 9.95. The molecule has 0 atom stereocenters. The first-order chi connectivity index (χ1) is 25.9. The fourth-order valence-corrected chi connectivity index (χ4v) is 6.74. The molecule has 0 N–H and O–H groups in total. The number of fused-ring (bicyclic) bond motifs is 4. The van der Waals surface area contributed by atoms with Gasteiger partial charge < -0.3 is 33.3 Å². The van der Waals surface area contributed by atoms with E-state index in [2.05, 4.69) is 6.92 Å². The Hall–Kier alpha value is -5.66. The van der Waals surface area contributed by atoms with Crippen molar-refractivity contribution < 1.29 is 49.9 Å². The van der Waals surface area contributed by atoms with Crippen LogP contribution in [0.1, 0.15) is 43.7 Å². The van der Waals surface area contributed by atoms with Crippen molar-refractivity contribution >= 4 is 47.5 Å². The molecule has 0 fully saturated rings. The van der Waals surface area contributed by atoms with Crippen LogP contribution in [-0.4, -0.2) is 27.9 Å². The predicted molar refractivity (Wildman–Crippen MR) is 196 cm³/mol. The molecule has 4 aromatic rings.